The topological polar surface area (TPSA) is 60.2 Å². The van der Waals surface area contributed by atoms with E-state index in [2.05, 4.69) is 6.92 Å². The van der Waals surface area contributed by atoms with Crippen molar-refractivity contribution in [2.75, 3.05) is 0 Å². The molecule has 0 aromatic carbocycles. The maximum atomic E-state index is 10.5. The molecule has 0 aliphatic carbocycles. The number of rotatable bonds is 6. The van der Waals surface area contributed by atoms with E-state index in [1.807, 2.05) is 0 Å². The van der Waals surface area contributed by atoms with Gasteiger partial charge >= 0.3 is 0 Å². The molecule has 2 N–H and O–H groups in total. The molecular formula is C8H15NO2. The lowest BCUT2D eigenvalue weighted by Gasteiger charge is -2.03. The van der Waals surface area contributed by atoms with Crippen molar-refractivity contribution in [2.24, 2.45) is 11.7 Å². The zero-order chi connectivity index (χ0) is 8.69. The van der Waals surface area contributed by atoms with Gasteiger partial charge in [-0.05, 0) is 6.42 Å². The lowest BCUT2D eigenvalue weighted by atomic mass is 10.0. The highest BCUT2D eigenvalue weighted by molar-refractivity contribution is 5.90. The standard InChI is InChI=1S/C8H15NO2/c1-2-3-4-5-7(6-10)8(9)11/h6-7H,2-5H2,1H3,(H2,9,11). The SMILES string of the molecule is CCCCCC(C=O)C(N)=O. The number of primary amides is 1. The molecule has 11 heavy (non-hydrogen) atoms. The second kappa shape index (κ2) is 5.89. The summed E-state index contributed by atoms with van der Waals surface area (Å²) >= 11 is 0. The molecule has 64 valence electrons. The van der Waals surface area contributed by atoms with Crippen molar-refractivity contribution in [3.05, 3.63) is 0 Å². The molecule has 0 aliphatic heterocycles. The first-order valence-electron chi connectivity index (χ1n) is 3.97. The number of unbranched alkanes of at least 4 members (excludes halogenated alkanes) is 2. The molecule has 3 heteroatoms. The fourth-order valence-corrected chi connectivity index (χ4v) is 0.892. The van der Waals surface area contributed by atoms with Crippen LogP contribution in [0.25, 0.3) is 0 Å². The Hall–Kier alpha value is -0.860. The highest BCUT2D eigenvalue weighted by atomic mass is 16.2. The van der Waals surface area contributed by atoms with E-state index < -0.39 is 11.8 Å². The molecule has 1 amide bonds. The van der Waals surface area contributed by atoms with Gasteiger partial charge in [0.05, 0.1) is 5.92 Å². The van der Waals surface area contributed by atoms with E-state index in [9.17, 15) is 9.59 Å². The van der Waals surface area contributed by atoms with E-state index in [1.54, 1.807) is 0 Å². The molecular weight excluding hydrogens is 142 g/mol. The van der Waals surface area contributed by atoms with E-state index in [1.165, 1.54) is 0 Å². The maximum absolute atomic E-state index is 10.5. The van der Waals surface area contributed by atoms with Gasteiger partial charge in [-0.15, -0.1) is 0 Å². The first kappa shape index (κ1) is 10.1. The van der Waals surface area contributed by atoms with Gasteiger partial charge < -0.3 is 10.5 Å². The molecule has 0 radical (unpaired) electrons. The van der Waals surface area contributed by atoms with Gasteiger partial charge in [0.1, 0.15) is 6.29 Å². The Morgan fingerprint density at radius 1 is 1.55 bits per heavy atom. The highest BCUT2D eigenvalue weighted by Gasteiger charge is 2.12. The van der Waals surface area contributed by atoms with Crippen LogP contribution in [0.1, 0.15) is 32.6 Å². The first-order chi connectivity index (χ1) is 5.22. The maximum Gasteiger partial charge on any atom is 0.227 e. The van der Waals surface area contributed by atoms with Gasteiger partial charge in [-0.2, -0.15) is 0 Å². The smallest absolute Gasteiger partial charge is 0.227 e. The van der Waals surface area contributed by atoms with Gasteiger partial charge in [-0.3, -0.25) is 4.79 Å². The monoisotopic (exact) mass is 157 g/mol. The number of nitrogens with two attached hydrogens (primary N) is 1. The van der Waals surface area contributed by atoms with Gasteiger partial charge in [-0.25, -0.2) is 0 Å². The minimum Gasteiger partial charge on any atom is -0.369 e. The van der Waals surface area contributed by atoms with E-state index in [-0.39, 0.29) is 0 Å². The molecule has 0 aromatic rings. The molecule has 0 saturated heterocycles. The summed E-state index contributed by atoms with van der Waals surface area (Å²) in [5.74, 6) is -1.07. The Labute approximate surface area is 67.0 Å². The summed E-state index contributed by atoms with van der Waals surface area (Å²) in [6.45, 7) is 2.07. The molecule has 0 aromatic heterocycles. The van der Waals surface area contributed by atoms with Crippen LogP contribution in [0.4, 0.5) is 0 Å². The molecule has 0 spiro atoms. The van der Waals surface area contributed by atoms with Crippen LogP contribution in [-0.2, 0) is 9.59 Å². The number of hydrogen-bond acceptors (Lipinski definition) is 2. The largest absolute Gasteiger partial charge is 0.369 e. The zero-order valence-electron chi connectivity index (χ0n) is 6.88. The van der Waals surface area contributed by atoms with Crippen LogP contribution in [0.2, 0.25) is 0 Å². The lowest BCUT2D eigenvalue weighted by Crippen LogP contribution is -2.24. The van der Waals surface area contributed by atoms with Crippen LogP contribution in [0, 0.1) is 5.92 Å². The second-order valence-corrected chi connectivity index (χ2v) is 2.64. The summed E-state index contributed by atoms with van der Waals surface area (Å²) in [6.07, 6.45) is 4.29. The summed E-state index contributed by atoms with van der Waals surface area (Å²) in [6, 6.07) is 0. The van der Waals surface area contributed by atoms with Gasteiger partial charge in [0.25, 0.3) is 0 Å². The van der Waals surface area contributed by atoms with Crippen molar-refractivity contribution in [1.29, 1.82) is 0 Å². The van der Waals surface area contributed by atoms with Gasteiger partial charge in [0.15, 0.2) is 0 Å². The molecule has 0 rings (SSSR count). The number of aldehydes is 1. The molecule has 0 saturated carbocycles. The van der Waals surface area contributed by atoms with Gasteiger partial charge in [-0.1, -0.05) is 26.2 Å². The average molecular weight is 157 g/mol. The summed E-state index contributed by atoms with van der Waals surface area (Å²) in [5.41, 5.74) is 4.96. The van der Waals surface area contributed by atoms with Crippen molar-refractivity contribution in [1.82, 2.24) is 0 Å². The third-order valence-electron chi connectivity index (χ3n) is 1.65. The van der Waals surface area contributed by atoms with Gasteiger partial charge in [0, 0.05) is 0 Å². The molecule has 1 atom stereocenters. The number of carbonyl (C=O) groups excluding carboxylic acids is 2. The van der Waals surface area contributed by atoms with E-state index >= 15 is 0 Å². The Morgan fingerprint density at radius 2 is 2.18 bits per heavy atom. The third-order valence-corrected chi connectivity index (χ3v) is 1.65. The molecule has 1 unspecified atom stereocenters. The zero-order valence-corrected chi connectivity index (χ0v) is 6.88. The van der Waals surface area contributed by atoms with Crippen LogP contribution in [0.3, 0.4) is 0 Å². The summed E-state index contributed by atoms with van der Waals surface area (Å²) in [7, 11) is 0. The number of hydrogen-bond donors (Lipinski definition) is 1. The average Bonchev–Trinajstić information content (AvgIpc) is 1.97. The number of carbonyl (C=O) groups is 2. The minimum atomic E-state index is -0.568. The molecule has 0 aliphatic rings. The predicted octanol–water partition coefficient (Wildman–Crippen LogP) is 0.867. The van der Waals surface area contributed by atoms with Crippen molar-refractivity contribution >= 4 is 12.2 Å². The quantitative estimate of drug-likeness (QED) is 0.353. The normalized spacial score (nSPS) is 12.5. The van der Waals surface area contributed by atoms with Crippen molar-refractivity contribution in [3.63, 3.8) is 0 Å². The van der Waals surface area contributed by atoms with Crippen molar-refractivity contribution in [2.45, 2.75) is 32.6 Å². The minimum absolute atomic E-state index is 0.504. The fourth-order valence-electron chi connectivity index (χ4n) is 0.892. The Balaban J connectivity index is 3.52. The Kier molecular flexibility index (Phi) is 5.43. The molecule has 0 heterocycles. The van der Waals surface area contributed by atoms with Crippen LogP contribution in [-0.4, -0.2) is 12.2 Å². The van der Waals surface area contributed by atoms with Crippen molar-refractivity contribution in [3.8, 4) is 0 Å². The molecule has 3 nitrogen and oxygen atoms in total. The van der Waals surface area contributed by atoms with Crippen LogP contribution < -0.4 is 5.73 Å². The molecule has 0 bridgehead atoms. The highest BCUT2D eigenvalue weighted by Crippen LogP contribution is 2.06. The summed E-state index contributed by atoms with van der Waals surface area (Å²) in [5, 5.41) is 0. The third kappa shape index (κ3) is 4.53. The lowest BCUT2D eigenvalue weighted by molar-refractivity contribution is -0.126. The van der Waals surface area contributed by atoms with Gasteiger partial charge in [0.2, 0.25) is 5.91 Å². The van der Waals surface area contributed by atoms with Crippen molar-refractivity contribution < 1.29 is 9.59 Å². The van der Waals surface area contributed by atoms with E-state index in [0.717, 1.165) is 19.3 Å². The van der Waals surface area contributed by atoms with E-state index in [0.29, 0.717) is 12.7 Å². The molecule has 0 fully saturated rings. The number of amides is 1. The second-order valence-electron chi connectivity index (χ2n) is 2.64. The Morgan fingerprint density at radius 3 is 2.55 bits per heavy atom. The first-order valence-corrected chi connectivity index (χ1v) is 3.97. The van der Waals surface area contributed by atoms with Crippen LogP contribution in [0.5, 0.6) is 0 Å². The predicted molar refractivity (Wildman–Crippen MR) is 42.9 cm³/mol. The fraction of sp³-hybridized carbons (Fsp3) is 0.750. The van der Waals surface area contributed by atoms with Crippen LogP contribution in [0.15, 0.2) is 0 Å². The van der Waals surface area contributed by atoms with Crippen LogP contribution >= 0.6 is 0 Å². The summed E-state index contributed by atoms with van der Waals surface area (Å²) < 4.78 is 0. The Bertz CT molecular complexity index is 134. The summed E-state index contributed by atoms with van der Waals surface area (Å²) in [4.78, 5) is 20.8. The van der Waals surface area contributed by atoms with E-state index in [4.69, 9.17) is 5.73 Å².